The van der Waals surface area contributed by atoms with E-state index in [0.29, 0.717) is 5.56 Å². The van der Waals surface area contributed by atoms with Crippen LogP contribution >= 0.6 is 0 Å². The molecule has 1 unspecified atom stereocenters. The molecule has 6 nitrogen and oxygen atoms in total. The Morgan fingerprint density at radius 3 is 2.31 bits per heavy atom. The zero-order valence-corrected chi connectivity index (χ0v) is 8.88. The zero-order valence-electron chi connectivity index (χ0n) is 8.07. The van der Waals surface area contributed by atoms with Crippen LogP contribution in [0, 0.1) is 0 Å². The van der Waals surface area contributed by atoms with Crippen molar-refractivity contribution in [3.63, 3.8) is 0 Å². The van der Waals surface area contributed by atoms with Gasteiger partial charge in [0.25, 0.3) is 0 Å². The minimum absolute atomic E-state index is 0.0381. The van der Waals surface area contributed by atoms with Gasteiger partial charge in [-0.1, -0.05) is 12.1 Å². The molecule has 1 atom stereocenters. The number of carboxylic acids is 1. The molecular formula is C9H9NO5S. The number of carbonyl (C=O) groups is 1. The Kier molecular flexibility index (Phi) is 4.01. The van der Waals surface area contributed by atoms with Crippen molar-refractivity contribution >= 4 is 16.5 Å². The van der Waals surface area contributed by atoms with Gasteiger partial charge in [0.05, 0.1) is 0 Å². The van der Waals surface area contributed by atoms with Gasteiger partial charge in [-0.25, -0.2) is 4.79 Å². The van der Waals surface area contributed by atoms with E-state index < -0.39 is 22.5 Å². The summed E-state index contributed by atoms with van der Waals surface area (Å²) in [6.07, 6.45) is -0.0381. The Bertz CT molecular complexity index is 497. The molecule has 0 heterocycles. The molecule has 0 fully saturated rings. The first-order valence-electron chi connectivity index (χ1n) is 4.30. The van der Waals surface area contributed by atoms with E-state index in [9.17, 15) is 13.2 Å². The van der Waals surface area contributed by atoms with Gasteiger partial charge in [0, 0.05) is 6.42 Å². The lowest BCUT2D eigenvalue weighted by atomic mass is 10.1. The van der Waals surface area contributed by atoms with Crippen LogP contribution in [0.2, 0.25) is 0 Å². The second kappa shape index (κ2) is 5.26. The number of nitrogens with zero attached hydrogens (tertiary/aromatic N) is 1. The summed E-state index contributed by atoms with van der Waals surface area (Å²) < 4.78 is 23.6. The highest BCUT2D eigenvalue weighted by molar-refractivity contribution is 7.61. The number of phenols is 1. The van der Waals surface area contributed by atoms with Crippen LogP contribution in [-0.2, 0) is 21.7 Å². The fourth-order valence-corrected chi connectivity index (χ4v) is 1.50. The molecule has 16 heavy (non-hydrogen) atoms. The SMILES string of the molecule is O=C(O)C(Cc1ccc(O)cc1)N=S(=O)=O. The highest BCUT2D eigenvalue weighted by Gasteiger charge is 2.17. The summed E-state index contributed by atoms with van der Waals surface area (Å²) in [5, 5.41) is 17.7. The van der Waals surface area contributed by atoms with Gasteiger partial charge in [0.1, 0.15) is 5.75 Å². The fourth-order valence-electron chi connectivity index (χ4n) is 1.13. The number of hydrogen-bond donors (Lipinski definition) is 2. The van der Waals surface area contributed by atoms with E-state index in [2.05, 4.69) is 4.36 Å². The second-order valence-corrected chi connectivity index (χ2v) is 3.69. The Morgan fingerprint density at radius 2 is 1.88 bits per heavy atom. The van der Waals surface area contributed by atoms with Crippen LogP contribution in [0.25, 0.3) is 0 Å². The number of hydrogen-bond acceptors (Lipinski definition) is 5. The minimum Gasteiger partial charge on any atom is -0.508 e. The first-order chi connectivity index (χ1) is 7.49. The van der Waals surface area contributed by atoms with Gasteiger partial charge >= 0.3 is 16.5 Å². The topological polar surface area (TPSA) is 104 Å². The molecule has 0 amide bonds. The summed E-state index contributed by atoms with van der Waals surface area (Å²) in [5.41, 5.74) is 0.583. The highest BCUT2D eigenvalue weighted by atomic mass is 32.2. The van der Waals surface area contributed by atoms with Gasteiger partial charge in [0.15, 0.2) is 6.04 Å². The van der Waals surface area contributed by atoms with Crippen molar-refractivity contribution in [2.24, 2.45) is 4.36 Å². The molecule has 0 aliphatic rings. The van der Waals surface area contributed by atoms with Gasteiger partial charge in [0.2, 0.25) is 0 Å². The highest BCUT2D eigenvalue weighted by Crippen LogP contribution is 2.12. The Balaban J connectivity index is 2.88. The van der Waals surface area contributed by atoms with Crippen molar-refractivity contribution in [2.75, 3.05) is 0 Å². The van der Waals surface area contributed by atoms with E-state index in [1.807, 2.05) is 0 Å². The third-order valence-electron chi connectivity index (χ3n) is 1.86. The maximum absolute atomic E-state index is 10.7. The van der Waals surface area contributed by atoms with Crippen LogP contribution in [0.15, 0.2) is 28.6 Å². The summed E-state index contributed by atoms with van der Waals surface area (Å²) >= 11 is 0. The van der Waals surface area contributed by atoms with Gasteiger partial charge in [-0.3, -0.25) is 0 Å². The number of carboxylic acid groups (broad SMARTS) is 1. The molecular weight excluding hydrogens is 234 g/mol. The van der Waals surface area contributed by atoms with Crippen LogP contribution < -0.4 is 0 Å². The zero-order chi connectivity index (χ0) is 12.1. The molecule has 1 aromatic carbocycles. The van der Waals surface area contributed by atoms with Crippen molar-refractivity contribution < 1.29 is 23.4 Å². The van der Waals surface area contributed by atoms with E-state index in [0.717, 1.165) is 0 Å². The number of aromatic hydroxyl groups is 1. The summed E-state index contributed by atoms with van der Waals surface area (Å²) in [5.74, 6) is -1.25. The number of benzene rings is 1. The van der Waals surface area contributed by atoms with Crippen LogP contribution in [-0.4, -0.2) is 30.6 Å². The molecule has 0 aliphatic carbocycles. The monoisotopic (exact) mass is 243 g/mol. The fraction of sp³-hybridized carbons (Fsp3) is 0.222. The quantitative estimate of drug-likeness (QED) is 0.799. The van der Waals surface area contributed by atoms with Gasteiger partial charge in [-0.15, -0.1) is 0 Å². The molecule has 86 valence electrons. The van der Waals surface area contributed by atoms with Crippen molar-refractivity contribution in [1.29, 1.82) is 0 Å². The average molecular weight is 243 g/mol. The van der Waals surface area contributed by atoms with Crippen molar-refractivity contribution in [3.05, 3.63) is 29.8 Å². The predicted molar refractivity (Wildman–Crippen MR) is 54.6 cm³/mol. The van der Waals surface area contributed by atoms with Gasteiger partial charge in [-0.05, 0) is 17.7 Å². The van der Waals surface area contributed by atoms with Crippen LogP contribution in [0.5, 0.6) is 5.75 Å². The molecule has 0 spiro atoms. The molecule has 1 aromatic rings. The molecule has 0 bridgehead atoms. The first-order valence-corrected chi connectivity index (χ1v) is 5.33. The van der Waals surface area contributed by atoms with Crippen LogP contribution in [0.1, 0.15) is 5.56 Å². The average Bonchev–Trinajstić information content (AvgIpc) is 2.19. The van der Waals surface area contributed by atoms with Crippen molar-refractivity contribution in [1.82, 2.24) is 0 Å². The van der Waals surface area contributed by atoms with Crippen LogP contribution in [0.3, 0.4) is 0 Å². The summed E-state index contributed by atoms with van der Waals surface area (Å²) in [4.78, 5) is 10.7. The minimum atomic E-state index is -2.75. The largest absolute Gasteiger partial charge is 0.508 e. The standard InChI is InChI=1S/C9H9NO5S/c11-7-3-1-6(2-4-7)5-8(9(12)13)10-16(14)15/h1-4,8,11H,5H2,(H,12,13). The van der Waals surface area contributed by atoms with Gasteiger partial charge in [-0.2, -0.15) is 12.8 Å². The molecule has 0 aliphatic heterocycles. The molecule has 1 rings (SSSR count). The lowest BCUT2D eigenvalue weighted by molar-refractivity contribution is -0.138. The smallest absolute Gasteiger partial charge is 0.330 e. The van der Waals surface area contributed by atoms with E-state index in [4.69, 9.17) is 10.2 Å². The van der Waals surface area contributed by atoms with E-state index in [1.54, 1.807) is 0 Å². The molecule has 7 heteroatoms. The van der Waals surface area contributed by atoms with Crippen molar-refractivity contribution in [3.8, 4) is 5.75 Å². The lowest BCUT2D eigenvalue weighted by Gasteiger charge is -2.04. The number of phenolic OH excluding ortho intramolecular Hbond substituents is 1. The predicted octanol–water partition coefficient (Wildman–Crippen LogP) is 0.451. The first kappa shape index (κ1) is 12.2. The Labute approximate surface area is 92.9 Å². The summed E-state index contributed by atoms with van der Waals surface area (Å²) in [6, 6.07) is 4.47. The Hall–Kier alpha value is -1.89. The third-order valence-corrected chi connectivity index (χ3v) is 2.29. The summed E-state index contributed by atoms with van der Waals surface area (Å²) in [6.45, 7) is 0. The maximum atomic E-state index is 10.7. The number of rotatable bonds is 4. The normalized spacial score (nSPS) is 11.8. The number of aliphatic carboxylic acids is 1. The van der Waals surface area contributed by atoms with E-state index in [-0.39, 0.29) is 12.2 Å². The Morgan fingerprint density at radius 1 is 1.31 bits per heavy atom. The maximum Gasteiger partial charge on any atom is 0.330 e. The molecule has 0 saturated carbocycles. The third kappa shape index (κ3) is 3.70. The lowest BCUT2D eigenvalue weighted by Crippen LogP contribution is -2.20. The molecule has 0 saturated heterocycles. The van der Waals surface area contributed by atoms with Crippen LogP contribution in [0.4, 0.5) is 0 Å². The second-order valence-electron chi connectivity index (χ2n) is 3.05. The molecule has 0 aromatic heterocycles. The molecule has 0 radical (unpaired) electrons. The summed E-state index contributed by atoms with van der Waals surface area (Å²) in [7, 11) is -2.75. The van der Waals surface area contributed by atoms with E-state index >= 15 is 0 Å². The van der Waals surface area contributed by atoms with Gasteiger partial charge < -0.3 is 10.2 Å². The van der Waals surface area contributed by atoms with Crippen molar-refractivity contribution in [2.45, 2.75) is 12.5 Å². The molecule has 2 N–H and O–H groups in total. The van der Waals surface area contributed by atoms with E-state index in [1.165, 1.54) is 24.3 Å².